The molecule has 1 rings (SSSR count). The fraction of sp³-hybridized carbons (Fsp3) is 0.467. The molecule has 2 amide bonds. The normalized spacial score (nSPS) is 12.7. The Kier molecular flexibility index (Phi) is 4.89. The SMILES string of the molecule is CN(C)C(=O)c1ccc(NC(=O)C(N)C(C)(C)C)cc1. The van der Waals surface area contributed by atoms with Crippen LogP contribution in [-0.4, -0.2) is 36.9 Å². The molecule has 0 aliphatic carbocycles. The van der Waals surface area contributed by atoms with Crippen LogP contribution in [0.3, 0.4) is 0 Å². The van der Waals surface area contributed by atoms with Crippen molar-refractivity contribution in [2.24, 2.45) is 11.1 Å². The number of rotatable bonds is 3. The van der Waals surface area contributed by atoms with Gasteiger partial charge in [0.25, 0.3) is 5.91 Å². The third-order valence-corrected chi connectivity index (χ3v) is 3.02. The highest BCUT2D eigenvalue weighted by Gasteiger charge is 2.27. The Morgan fingerprint density at radius 2 is 1.65 bits per heavy atom. The lowest BCUT2D eigenvalue weighted by molar-refractivity contribution is -0.119. The molecular formula is C15H23N3O2. The van der Waals surface area contributed by atoms with Crippen molar-refractivity contribution in [3.05, 3.63) is 29.8 Å². The van der Waals surface area contributed by atoms with Crippen LogP contribution in [0, 0.1) is 5.41 Å². The van der Waals surface area contributed by atoms with Gasteiger partial charge < -0.3 is 16.0 Å². The van der Waals surface area contributed by atoms with E-state index in [1.807, 2.05) is 20.8 Å². The smallest absolute Gasteiger partial charge is 0.253 e. The van der Waals surface area contributed by atoms with Crippen molar-refractivity contribution >= 4 is 17.5 Å². The number of hydrogen-bond donors (Lipinski definition) is 2. The Labute approximate surface area is 120 Å². The first-order valence-electron chi connectivity index (χ1n) is 6.51. The van der Waals surface area contributed by atoms with Crippen molar-refractivity contribution in [3.63, 3.8) is 0 Å². The quantitative estimate of drug-likeness (QED) is 0.883. The van der Waals surface area contributed by atoms with E-state index < -0.39 is 6.04 Å². The zero-order valence-electron chi connectivity index (χ0n) is 12.7. The first kappa shape index (κ1) is 16.2. The highest BCUT2D eigenvalue weighted by atomic mass is 16.2. The van der Waals surface area contributed by atoms with Crippen molar-refractivity contribution in [3.8, 4) is 0 Å². The number of nitrogens with one attached hydrogen (secondary N) is 1. The molecule has 3 N–H and O–H groups in total. The predicted molar refractivity (Wildman–Crippen MR) is 80.5 cm³/mol. The van der Waals surface area contributed by atoms with Crippen LogP contribution in [0.25, 0.3) is 0 Å². The van der Waals surface area contributed by atoms with Crippen molar-refractivity contribution in [2.45, 2.75) is 26.8 Å². The van der Waals surface area contributed by atoms with E-state index in [-0.39, 0.29) is 17.2 Å². The largest absolute Gasteiger partial charge is 0.345 e. The molecule has 0 aliphatic rings. The number of carbonyl (C=O) groups is 2. The number of nitrogens with zero attached hydrogens (tertiary/aromatic N) is 1. The number of benzene rings is 1. The molecule has 5 heteroatoms. The van der Waals surface area contributed by atoms with E-state index in [1.54, 1.807) is 38.4 Å². The minimum Gasteiger partial charge on any atom is -0.345 e. The second-order valence-corrected chi connectivity index (χ2v) is 6.11. The van der Waals surface area contributed by atoms with E-state index in [1.165, 1.54) is 4.90 Å². The standard InChI is InChI=1S/C15H23N3O2/c1-15(2,3)12(16)13(19)17-11-8-6-10(7-9-11)14(20)18(4)5/h6-9,12H,16H2,1-5H3,(H,17,19). The number of nitrogens with two attached hydrogens (primary N) is 1. The summed E-state index contributed by atoms with van der Waals surface area (Å²) in [6.45, 7) is 5.74. The summed E-state index contributed by atoms with van der Waals surface area (Å²) in [6, 6.07) is 6.17. The number of hydrogen-bond acceptors (Lipinski definition) is 3. The van der Waals surface area contributed by atoms with Gasteiger partial charge >= 0.3 is 0 Å². The fourth-order valence-electron chi connectivity index (χ4n) is 1.57. The van der Waals surface area contributed by atoms with E-state index in [4.69, 9.17) is 5.73 Å². The van der Waals surface area contributed by atoms with Crippen molar-refractivity contribution < 1.29 is 9.59 Å². The summed E-state index contributed by atoms with van der Waals surface area (Å²) in [5.41, 5.74) is 6.79. The van der Waals surface area contributed by atoms with Gasteiger partial charge in [-0.2, -0.15) is 0 Å². The molecule has 0 radical (unpaired) electrons. The molecule has 0 aliphatic heterocycles. The van der Waals surface area contributed by atoms with E-state index in [0.717, 1.165) is 0 Å². The van der Waals surface area contributed by atoms with Crippen LogP contribution in [0.15, 0.2) is 24.3 Å². The van der Waals surface area contributed by atoms with E-state index in [0.29, 0.717) is 11.3 Å². The highest BCUT2D eigenvalue weighted by molar-refractivity contribution is 5.97. The van der Waals surface area contributed by atoms with Gasteiger partial charge in [0.1, 0.15) is 0 Å². The second-order valence-electron chi connectivity index (χ2n) is 6.11. The second kappa shape index (κ2) is 6.05. The molecule has 0 spiro atoms. The third kappa shape index (κ3) is 4.06. The van der Waals surface area contributed by atoms with Crippen molar-refractivity contribution in [1.82, 2.24) is 4.90 Å². The number of amides is 2. The average Bonchev–Trinajstić information content (AvgIpc) is 2.36. The molecule has 0 saturated carbocycles. The monoisotopic (exact) mass is 277 g/mol. The topological polar surface area (TPSA) is 75.4 Å². The molecule has 0 fully saturated rings. The zero-order valence-corrected chi connectivity index (χ0v) is 12.7. The predicted octanol–water partition coefficient (Wildman–Crippen LogP) is 1.70. The van der Waals surface area contributed by atoms with Gasteiger partial charge in [-0.25, -0.2) is 0 Å². The highest BCUT2D eigenvalue weighted by Crippen LogP contribution is 2.19. The van der Waals surface area contributed by atoms with E-state index in [2.05, 4.69) is 5.32 Å². The molecule has 5 nitrogen and oxygen atoms in total. The van der Waals surface area contributed by atoms with Gasteiger partial charge in [0.05, 0.1) is 6.04 Å². The molecule has 20 heavy (non-hydrogen) atoms. The summed E-state index contributed by atoms with van der Waals surface area (Å²) >= 11 is 0. The Morgan fingerprint density at radius 3 is 2.05 bits per heavy atom. The number of carbonyl (C=O) groups excluding carboxylic acids is 2. The van der Waals surface area contributed by atoms with Gasteiger partial charge in [-0.3, -0.25) is 9.59 Å². The molecule has 0 heterocycles. The zero-order chi connectivity index (χ0) is 15.5. The Balaban J connectivity index is 2.76. The Bertz CT molecular complexity index is 487. The molecule has 0 aromatic heterocycles. The number of anilines is 1. The van der Waals surface area contributed by atoms with Gasteiger partial charge in [0.15, 0.2) is 0 Å². The lowest BCUT2D eigenvalue weighted by Crippen LogP contribution is -2.45. The maximum absolute atomic E-state index is 12.0. The third-order valence-electron chi connectivity index (χ3n) is 3.02. The van der Waals surface area contributed by atoms with Crippen LogP contribution < -0.4 is 11.1 Å². The lowest BCUT2D eigenvalue weighted by atomic mass is 9.87. The first-order valence-corrected chi connectivity index (χ1v) is 6.51. The van der Waals surface area contributed by atoms with Crippen molar-refractivity contribution in [2.75, 3.05) is 19.4 Å². The molecular weight excluding hydrogens is 254 g/mol. The lowest BCUT2D eigenvalue weighted by Gasteiger charge is -2.25. The maximum atomic E-state index is 12.0. The van der Waals surface area contributed by atoms with E-state index >= 15 is 0 Å². The van der Waals surface area contributed by atoms with Crippen LogP contribution in [0.4, 0.5) is 5.69 Å². The Morgan fingerprint density at radius 1 is 1.15 bits per heavy atom. The van der Waals surface area contributed by atoms with Crippen LogP contribution in [-0.2, 0) is 4.79 Å². The minimum atomic E-state index is -0.592. The van der Waals surface area contributed by atoms with Crippen LogP contribution in [0.1, 0.15) is 31.1 Å². The van der Waals surface area contributed by atoms with Gasteiger partial charge in [-0.1, -0.05) is 20.8 Å². The fourth-order valence-corrected chi connectivity index (χ4v) is 1.57. The average molecular weight is 277 g/mol. The maximum Gasteiger partial charge on any atom is 0.253 e. The summed E-state index contributed by atoms with van der Waals surface area (Å²) < 4.78 is 0. The van der Waals surface area contributed by atoms with Gasteiger partial charge in [0.2, 0.25) is 5.91 Å². The van der Waals surface area contributed by atoms with Crippen LogP contribution >= 0.6 is 0 Å². The molecule has 1 aromatic carbocycles. The summed E-state index contributed by atoms with van der Waals surface area (Å²) in [7, 11) is 3.39. The Hall–Kier alpha value is -1.88. The van der Waals surface area contributed by atoms with Gasteiger partial charge in [-0.15, -0.1) is 0 Å². The summed E-state index contributed by atoms with van der Waals surface area (Å²) in [4.78, 5) is 25.2. The molecule has 0 saturated heterocycles. The molecule has 1 atom stereocenters. The summed E-state index contributed by atoms with van der Waals surface area (Å²) in [5.74, 6) is -0.307. The van der Waals surface area contributed by atoms with Gasteiger partial charge in [0, 0.05) is 25.3 Å². The van der Waals surface area contributed by atoms with Gasteiger partial charge in [-0.05, 0) is 29.7 Å². The molecule has 1 unspecified atom stereocenters. The molecule has 0 bridgehead atoms. The van der Waals surface area contributed by atoms with Crippen molar-refractivity contribution in [1.29, 1.82) is 0 Å². The minimum absolute atomic E-state index is 0.0748. The first-order chi connectivity index (χ1) is 9.12. The van der Waals surface area contributed by atoms with Crippen LogP contribution in [0.2, 0.25) is 0 Å². The molecule has 1 aromatic rings. The molecule has 110 valence electrons. The summed E-state index contributed by atoms with van der Waals surface area (Å²) in [6.07, 6.45) is 0. The summed E-state index contributed by atoms with van der Waals surface area (Å²) in [5, 5.41) is 2.75. The van der Waals surface area contributed by atoms with E-state index in [9.17, 15) is 9.59 Å². The van der Waals surface area contributed by atoms with Crippen LogP contribution in [0.5, 0.6) is 0 Å².